The summed E-state index contributed by atoms with van der Waals surface area (Å²) in [5, 5.41) is 7.41. The lowest BCUT2D eigenvalue weighted by Gasteiger charge is -2.35. The molecule has 0 amide bonds. The van der Waals surface area contributed by atoms with Crippen molar-refractivity contribution in [3.63, 3.8) is 0 Å². The second-order valence-electron chi connectivity index (χ2n) is 15.9. The van der Waals surface area contributed by atoms with Crippen LogP contribution in [0.3, 0.4) is 0 Å². The van der Waals surface area contributed by atoms with Gasteiger partial charge in [-0.1, -0.05) is 153 Å². The van der Waals surface area contributed by atoms with Gasteiger partial charge >= 0.3 is 0 Å². The van der Waals surface area contributed by atoms with Crippen LogP contribution in [0.5, 0.6) is 11.5 Å². The topological polar surface area (TPSA) is 44.9 Å². The van der Waals surface area contributed by atoms with Crippen LogP contribution in [0.1, 0.15) is 25.0 Å². The highest BCUT2D eigenvalue weighted by Gasteiger charge is 2.43. The van der Waals surface area contributed by atoms with Gasteiger partial charge in [-0.3, -0.25) is 4.57 Å². The molecule has 58 heavy (non-hydrogen) atoms. The fourth-order valence-electron chi connectivity index (χ4n) is 9.64. The first kappa shape index (κ1) is 34.2. The molecule has 0 atom stereocenters. The molecule has 3 aromatic heterocycles. The molecule has 0 saturated heterocycles. The number of imidazole rings is 1. The maximum absolute atomic E-state index is 6.94. The van der Waals surface area contributed by atoms with Crippen LogP contribution < -0.4 is 25.5 Å². The molecule has 6 heteroatoms. The summed E-state index contributed by atoms with van der Waals surface area (Å²) in [5.74, 6) is 3.64. The predicted molar refractivity (Wildman–Crippen MR) is 241 cm³/mol. The van der Waals surface area contributed by atoms with Gasteiger partial charge in [0, 0.05) is 40.7 Å². The molecule has 278 valence electrons. The third kappa shape index (κ3) is 4.95. The van der Waals surface area contributed by atoms with E-state index in [0.717, 1.165) is 61.5 Å². The van der Waals surface area contributed by atoms with E-state index in [2.05, 4.69) is 206 Å². The predicted octanol–water partition coefficient (Wildman–Crippen LogP) is 9.54. The van der Waals surface area contributed by atoms with Crippen molar-refractivity contribution in [2.24, 2.45) is 7.05 Å². The fraction of sp³-hybridized carbons (Fsp3) is 0.0769. The summed E-state index contributed by atoms with van der Waals surface area (Å²) in [6.45, 7) is 4.60. The van der Waals surface area contributed by atoms with Gasteiger partial charge in [-0.2, -0.15) is 0 Å². The van der Waals surface area contributed by atoms with Crippen molar-refractivity contribution in [1.82, 2.24) is 19.1 Å². The quantitative estimate of drug-likeness (QED) is 0.125. The van der Waals surface area contributed by atoms with Crippen LogP contribution in [-0.4, -0.2) is 27.2 Å². The SMILES string of the molecule is Cn1c(-c2cccc([Si](c3ccccc3)(c3ccccc3)c3ccc4c5c6c(ccc5n(-c5ccccn5)c4c3)C(C)(C)c3ccccc3O6)c2)nc2ccccc21. The summed E-state index contributed by atoms with van der Waals surface area (Å²) in [6.07, 6.45) is 1.88. The van der Waals surface area contributed by atoms with Crippen molar-refractivity contribution in [2.75, 3.05) is 0 Å². The molecule has 1 aliphatic rings. The first-order valence-electron chi connectivity index (χ1n) is 19.9. The van der Waals surface area contributed by atoms with Gasteiger partial charge < -0.3 is 9.30 Å². The Balaban J connectivity index is 1.23. The van der Waals surface area contributed by atoms with Gasteiger partial charge in [-0.15, -0.1) is 0 Å². The van der Waals surface area contributed by atoms with Gasteiger partial charge in [0.15, 0.2) is 8.07 Å². The molecule has 0 unspecified atom stereocenters. The van der Waals surface area contributed by atoms with Gasteiger partial charge in [-0.05, 0) is 63.2 Å². The van der Waals surface area contributed by atoms with Crippen LogP contribution in [0.15, 0.2) is 188 Å². The molecular formula is C52H40N4OSi. The van der Waals surface area contributed by atoms with Crippen LogP contribution >= 0.6 is 0 Å². The van der Waals surface area contributed by atoms with Crippen molar-refractivity contribution < 1.29 is 4.74 Å². The maximum Gasteiger partial charge on any atom is 0.179 e. The Hall–Kier alpha value is -7.02. The van der Waals surface area contributed by atoms with E-state index in [4.69, 9.17) is 14.7 Å². The summed E-state index contributed by atoms with van der Waals surface area (Å²) in [4.78, 5) is 10.1. The molecular weight excluding hydrogens is 725 g/mol. The number of nitrogens with zero attached hydrogens (tertiary/aromatic N) is 4. The summed E-state index contributed by atoms with van der Waals surface area (Å²) in [5.41, 5.74) is 7.48. The van der Waals surface area contributed by atoms with Gasteiger partial charge in [0.2, 0.25) is 0 Å². The number of benzene rings is 7. The molecule has 0 spiro atoms. The Labute approximate surface area is 338 Å². The minimum absolute atomic E-state index is 0.246. The molecule has 7 aromatic carbocycles. The lowest BCUT2D eigenvalue weighted by molar-refractivity contribution is 0.423. The monoisotopic (exact) mass is 764 g/mol. The number of ether oxygens (including phenoxy) is 1. The maximum atomic E-state index is 6.94. The molecule has 0 radical (unpaired) electrons. The Morgan fingerprint density at radius 1 is 0.552 bits per heavy atom. The highest BCUT2D eigenvalue weighted by molar-refractivity contribution is 7.20. The molecule has 0 saturated carbocycles. The minimum atomic E-state index is -3.01. The number of rotatable bonds is 6. The average Bonchev–Trinajstić information content (AvgIpc) is 3.79. The van der Waals surface area contributed by atoms with Crippen LogP contribution in [0.2, 0.25) is 0 Å². The largest absolute Gasteiger partial charge is 0.456 e. The van der Waals surface area contributed by atoms with Gasteiger partial charge in [0.05, 0.1) is 27.5 Å². The number of para-hydroxylation sites is 3. The van der Waals surface area contributed by atoms with Gasteiger partial charge in [0.1, 0.15) is 23.1 Å². The van der Waals surface area contributed by atoms with Crippen LogP contribution in [-0.2, 0) is 12.5 Å². The summed E-state index contributed by atoms with van der Waals surface area (Å²) >= 11 is 0. The van der Waals surface area contributed by atoms with Crippen molar-refractivity contribution in [3.8, 4) is 28.7 Å². The standard InChI is InChI=1S/C52H40N4OSi/c1-52(2)41-23-10-13-26-47(41)57-50-42(52)30-31-45-49(50)40-29-28-39(34-46(40)56(45)48-27-14-15-32-53-48)58(36-18-6-4-7-19-36,37-20-8-5-9-21-37)38-22-16-17-35(33-38)51-54-43-24-11-12-25-44(43)55(51)3/h4-34H,1-3H3. The van der Waals surface area contributed by atoms with E-state index in [1.54, 1.807) is 0 Å². The van der Waals surface area contributed by atoms with E-state index in [1.165, 1.54) is 31.9 Å². The first-order valence-corrected chi connectivity index (χ1v) is 21.9. The number of pyridine rings is 1. The van der Waals surface area contributed by atoms with Crippen molar-refractivity contribution in [2.45, 2.75) is 19.3 Å². The fourth-order valence-corrected chi connectivity index (χ4v) is 14.4. The van der Waals surface area contributed by atoms with Crippen LogP contribution in [0.4, 0.5) is 0 Å². The molecule has 0 fully saturated rings. The van der Waals surface area contributed by atoms with E-state index in [-0.39, 0.29) is 5.41 Å². The number of aromatic nitrogens is 4. The summed E-state index contributed by atoms with van der Waals surface area (Å²) < 4.78 is 11.5. The second-order valence-corrected chi connectivity index (χ2v) is 19.7. The Bertz CT molecular complexity index is 3150. The lowest BCUT2D eigenvalue weighted by atomic mass is 9.75. The van der Waals surface area contributed by atoms with Gasteiger partial charge in [0.25, 0.3) is 0 Å². The first-order chi connectivity index (χ1) is 28.4. The Kier molecular flexibility index (Phi) is 7.68. The van der Waals surface area contributed by atoms with E-state index < -0.39 is 8.07 Å². The Morgan fingerprint density at radius 3 is 2.00 bits per heavy atom. The number of hydrogen-bond acceptors (Lipinski definition) is 3. The molecule has 11 rings (SSSR count). The Morgan fingerprint density at radius 2 is 1.24 bits per heavy atom. The minimum Gasteiger partial charge on any atom is -0.456 e. The van der Waals surface area contributed by atoms with Crippen LogP contribution in [0.25, 0.3) is 50.0 Å². The zero-order valence-corrected chi connectivity index (χ0v) is 33.6. The molecule has 4 heterocycles. The average molecular weight is 765 g/mol. The highest BCUT2D eigenvalue weighted by Crippen LogP contribution is 2.52. The third-order valence-electron chi connectivity index (χ3n) is 12.4. The smallest absolute Gasteiger partial charge is 0.179 e. The third-order valence-corrected chi connectivity index (χ3v) is 17.1. The number of aryl methyl sites for hydroxylation is 1. The van der Waals surface area contributed by atoms with E-state index in [1.807, 2.05) is 12.3 Å². The normalized spacial score (nSPS) is 13.4. The second kappa shape index (κ2) is 13.0. The van der Waals surface area contributed by atoms with E-state index >= 15 is 0 Å². The lowest BCUT2D eigenvalue weighted by Crippen LogP contribution is -2.74. The zero-order valence-electron chi connectivity index (χ0n) is 32.6. The zero-order chi connectivity index (χ0) is 39.0. The molecule has 10 aromatic rings. The highest BCUT2D eigenvalue weighted by atomic mass is 28.3. The van der Waals surface area contributed by atoms with Crippen LogP contribution in [0, 0.1) is 0 Å². The van der Waals surface area contributed by atoms with E-state index in [0.29, 0.717) is 0 Å². The van der Waals surface area contributed by atoms with Crippen molar-refractivity contribution in [1.29, 1.82) is 0 Å². The summed E-state index contributed by atoms with van der Waals surface area (Å²) in [6, 6.07) is 66.1. The molecule has 5 nitrogen and oxygen atoms in total. The molecule has 0 bridgehead atoms. The molecule has 0 aliphatic carbocycles. The van der Waals surface area contributed by atoms with Crippen molar-refractivity contribution >= 4 is 61.7 Å². The summed E-state index contributed by atoms with van der Waals surface area (Å²) in [7, 11) is -0.898. The van der Waals surface area contributed by atoms with Crippen molar-refractivity contribution in [3.05, 3.63) is 199 Å². The molecule has 0 N–H and O–H groups in total. The number of fused-ring (bicyclic) bond motifs is 7. The number of hydrogen-bond donors (Lipinski definition) is 0. The molecule has 1 aliphatic heterocycles. The van der Waals surface area contributed by atoms with E-state index in [9.17, 15) is 0 Å². The van der Waals surface area contributed by atoms with Gasteiger partial charge in [-0.25, -0.2) is 9.97 Å².